The van der Waals surface area contributed by atoms with E-state index >= 15 is 0 Å². The summed E-state index contributed by atoms with van der Waals surface area (Å²) in [5.41, 5.74) is 6.75. The van der Waals surface area contributed by atoms with Crippen molar-refractivity contribution in [3.8, 4) is 0 Å². The number of nitro benzene ring substituents is 1. The van der Waals surface area contributed by atoms with Gasteiger partial charge in [0.2, 0.25) is 0 Å². The maximum absolute atomic E-state index is 10.5. The van der Waals surface area contributed by atoms with E-state index in [-0.39, 0.29) is 11.8 Å². The van der Waals surface area contributed by atoms with Crippen molar-refractivity contribution in [2.45, 2.75) is 20.0 Å². The minimum Gasteiger partial charge on any atom is -0.397 e. The summed E-state index contributed by atoms with van der Waals surface area (Å²) in [6.07, 6.45) is 0.0644. The molecule has 1 unspecified atom stereocenters. The van der Waals surface area contributed by atoms with Crippen molar-refractivity contribution < 1.29 is 9.66 Å². The largest absolute Gasteiger partial charge is 0.397 e. The molecule has 0 saturated heterocycles. The first-order valence-corrected chi connectivity index (χ1v) is 5.44. The number of nitrogen functional groups attached to an aromatic ring is 1. The van der Waals surface area contributed by atoms with Crippen molar-refractivity contribution in [2.24, 2.45) is 0 Å². The molecule has 0 saturated carbocycles. The molecule has 0 aliphatic carbocycles. The summed E-state index contributed by atoms with van der Waals surface area (Å²) in [5.74, 6) is 0. The fraction of sp³-hybridized carbons (Fsp3) is 0.455. The van der Waals surface area contributed by atoms with Gasteiger partial charge >= 0.3 is 0 Å². The maximum atomic E-state index is 10.5. The molecule has 1 rings (SSSR count). The molecular formula is C11H17N3O3. The molecule has 0 aliphatic heterocycles. The lowest BCUT2D eigenvalue weighted by Gasteiger charge is -2.14. The van der Waals surface area contributed by atoms with E-state index in [0.717, 1.165) is 0 Å². The molecule has 17 heavy (non-hydrogen) atoms. The third kappa shape index (κ3) is 3.92. The van der Waals surface area contributed by atoms with Gasteiger partial charge in [-0.25, -0.2) is 0 Å². The van der Waals surface area contributed by atoms with Gasteiger partial charge in [0, 0.05) is 25.3 Å². The molecule has 0 amide bonds. The minimum atomic E-state index is -0.469. The van der Waals surface area contributed by atoms with E-state index in [2.05, 4.69) is 5.32 Å². The lowest BCUT2D eigenvalue weighted by Crippen LogP contribution is -2.20. The van der Waals surface area contributed by atoms with Crippen LogP contribution in [0.3, 0.4) is 0 Å². The van der Waals surface area contributed by atoms with Crippen LogP contribution in [0.2, 0.25) is 0 Å². The molecule has 0 radical (unpaired) electrons. The molecule has 6 heteroatoms. The molecule has 1 aromatic rings. The third-order valence-electron chi connectivity index (χ3n) is 2.28. The SMILES string of the molecule is CCOC(C)CNc1ccc([N+](=O)[O-])cc1N. The highest BCUT2D eigenvalue weighted by atomic mass is 16.6. The molecule has 0 aliphatic rings. The van der Waals surface area contributed by atoms with Crippen LogP contribution in [0.5, 0.6) is 0 Å². The number of non-ortho nitro benzene ring substituents is 1. The monoisotopic (exact) mass is 239 g/mol. The summed E-state index contributed by atoms with van der Waals surface area (Å²) >= 11 is 0. The highest BCUT2D eigenvalue weighted by Gasteiger charge is 2.09. The molecular weight excluding hydrogens is 222 g/mol. The molecule has 1 atom stereocenters. The molecule has 0 bridgehead atoms. The second-order valence-electron chi connectivity index (χ2n) is 3.68. The number of rotatable bonds is 6. The van der Waals surface area contributed by atoms with Gasteiger partial charge in [-0.2, -0.15) is 0 Å². The number of nitro groups is 1. The second-order valence-corrected chi connectivity index (χ2v) is 3.68. The van der Waals surface area contributed by atoms with Crippen LogP contribution >= 0.6 is 0 Å². The Morgan fingerprint density at radius 3 is 2.82 bits per heavy atom. The number of ether oxygens (including phenoxy) is 1. The van der Waals surface area contributed by atoms with Gasteiger partial charge in [-0.1, -0.05) is 0 Å². The lowest BCUT2D eigenvalue weighted by molar-refractivity contribution is -0.384. The quantitative estimate of drug-likeness (QED) is 0.450. The normalized spacial score (nSPS) is 12.1. The molecule has 0 spiro atoms. The number of nitrogens with one attached hydrogen (secondary N) is 1. The second kappa shape index (κ2) is 6.05. The summed E-state index contributed by atoms with van der Waals surface area (Å²) in [7, 11) is 0. The Kier molecular flexibility index (Phi) is 4.71. The van der Waals surface area contributed by atoms with Crippen LogP contribution in [-0.4, -0.2) is 24.2 Å². The number of anilines is 2. The van der Waals surface area contributed by atoms with E-state index in [0.29, 0.717) is 24.5 Å². The molecule has 0 fully saturated rings. The number of hydrogen-bond acceptors (Lipinski definition) is 5. The predicted molar refractivity (Wildman–Crippen MR) is 67.1 cm³/mol. The van der Waals surface area contributed by atoms with E-state index in [9.17, 15) is 10.1 Å². The Labute approximate surface area is 99.9 Å². The van der Waals surface area contributed by atoms with Crippen molar-refractivity contribution in [1.82, 2.24) is 0 Å². The number of nitrogens with zero attached hydrogens (tertiary/aromatic N) is 1. The Hall–Kier alpha value is -1.82. The van der Waals surface area contributed by atoms with Gasteiger partial charge in [-0.3, -0.25) is 10.1 Å². The number of nitrogens with two attached hydrogens (primary N) is 1. The van der Waals surface area contributed by atoms with Crippen molar-refractivity contribution >= 4 is 17.1 Å². The zero-order chi connectivity index (χ0) is 12.8. The van der Waals surface area contributed by atoms with Gasteiger partial charge < -0.3 is 15.8 Å². The summed E-state index contributed by atoms with van der Waals surface area (Å²) in [6.45, 7) is 5.13. The lowest BCUT2D eigenvalue weighted by atomic mass is 10.2. The summed E-state index contributed by atoms with van der Waals surface area (Å²) < 4.78 is 5.35. The van der Waals surface area contributed by atoms with Gasteiger partial charge in [0.15, 0.2) is 0 Å². The highest BCUT2D eigenvalue weighted by molar-refractivity contribution is 5.69. The van der Waals surface area contributed by atoms with Gasteiger partial charge in [-0.15, -0.1) is 0 Å². The van der Waals surface area contributed by atoms with E-state index in [1.54, 1.807) is 6.07 Å². The average molecular weight is 239 g/mol. The van der Waals surface area contributed by atoms with Crippen LogP contribution in [-0.2, 0) is 4.74 Å². The standard InChI is InChI=1S/C11H17N3O3/c1-3-17-8(2)7-13-11-5-4-9(14(15)16)6-10(11)12/h4-6,8,13H,3,7,12H2,1-2H3. The zero-order valence-electron chi connectivity index (χ0n) is 9.97. The smallest absolute Gasteiger partial charge is 0.271 e. The third-order valence-corrected chi connectivity index (χ3v) is 2.28. The highest BCUT2D eigenvalue weighted by Crippen LogP contribution is 2.23. The molecule has 94 valence electrons. The van der Waals surface area contributed by atoms with Crippen LogP contribution in [0, 0.1) is 10.1 Å². The summed E-state index contributed by atoms with van der Waals surface area (Å²) in [6, 6.07) is 4.36. The van der Waals surface area contributed by atoms with Crippen LogP contribution in [0.25, 0.3) is 0 Å². The Morgan fingerprint density at radius 2 is 2.29 bits per heavy atom. The van der Waals surface area contributed by atoms with Crippen molar-refractivity contribution in [2.75, 3.05) is 24.2 Å². The average Bonchev–Trinajstić information content (AvgIpc) is 2.27. The van der Waals surface area contributed by atoms with Crippen molar-refractivity contribution in [3.05, 3.63) is 28.3 Å². The van der Waals surface area contributed by atoms with Crippen LogP contribution in [0.15, 0.2) is 18.2 Å². The van der Waals surface area contributed by atoms with Crippen LogP contribution in [0.4, 0.5) is 17.1 Å². The molecule has 6 nitrogen and oxygen atoms in total. The first-order chi connectivity index (χ1) is 8.04. The van der Waals surface area contributed by atoms with Gasteiger partial charge in [-0.05, 0) is 19.9 Å². The van der Waals surface area contributed by atoms with Gasteiger partial charge in [0.05, 0.1) is 22.4 Å². The molecule has 1 aromatic carbocycles. The van der Waals surface area contributed by atoms with Crippen LogP contribution < -0.4 is 11.1 Å². The Balaban J connectivity index is 2.63. The molecule has 0 heterocycles. The van der Waals surface area contributed by atoms with Crippen molar-refractivity contribution in [3.63, 3.8) is 0 Å². The van der Waals surface area contributed by atoms with Crippen molar-refractivity contribution in [1.29, 1.82) is 0 Å². The number of benzene rings is 1. The fourth-order valence-electron chi connectivity index (χ4n) is 1.42. The topological polar surface area (TPSA) is 90.4 Å². The molecule has 3 N–H and O–H groups in total. The summed E-state index contributed by atoms with van der Waals surface area (Å²) in [5, 5.41) is 13.6. The predicted octanol–water partition coefficient (Wildman–Crippen LogP) is 2.01. The van der Waals surface area contributed by atoms with Gasteiger partial charge in [0.25, 0.3) is 5.69 Å². The number of hydrogen-bond donors (Lipinski definition) is 2. The van der Waals surface area contributed by atoms with Gasteiger partial charge in [0.1, 0.15) is 0 Å². The first kappa shape index (κ1) is 13.2. The Morgan fingerprint density at radius 1 is 1.59 bits per heavy atom. The first-order valence-electron chi connectivity index (χ1n) is 5.44. The van der Waals surface area contributed by atoms with Crippen LogP contribution in [0.1, 0.15) is 13.8 Å². The fourth-order valence-corrected chi connectivity index (χ4v) is 1.42. The maximum Gasteiger partial charge on any atom is 0.271 e. The Bertz CT molecular complexity index is 396. The van der Waals surface area contributed by atoms with E-state index < -0.39 is 4.92 Å². The van der Waals surface area contributed by atoms with E-state index in [1.165, 1.54) is 12.1 Å². The minimum absolute atomic E-state index is 0.00842. The summed E-state index contributed by atoms with van der Waals surface area (Å²) in [4.78, 5) is 10.1. The molecule has 0 aromatic heterocycles. The zero-order valence-corrected chi connectivity index (χ0v) is 9.97. The van der Waals surface area contributed by atoms with E-state index in [1.807, 2.05) is 13.8 Å². The van der Waals surface area contributed by atoms with E-state index in [4.69, 9.17) is 10.5 Å².